The van der Waals surface area contributed by atoms with Crippen LogP contribution in [0, 0.1) is 5.92 Å². The number of nitrogens with zero attached hydrogens (tertiary/aromatic N) is 1. The maximum Gasteiger partial charge on any atom is 0.236 e. The van der Waals surface area contributed by atoms with Crippen LogP contribution in [0.3, 0.4) is 0 Å². The van der Waals surface area contributed by atoms with Crippen molar-refractivity contribution in [1.82, 2.24) is 10.3 Å². The number of benzene rings is 1. The molecule has 1 heterocycles. The first-order valence-corrected chi connectivity index (χ1v) is 9.19. The van der Waals surface area contributed by atoms with Crippen molar-refractivity contribution in [2.45, 2.75) is 23.9 Å². The van der Waals surface area contributed by atoms with Crippen molar-refractivity contribution >= 4 is 15.7 Å². The Kier molecular flexibility index (Phi) is 4.43. The van der Waals surface area contributed by atoms with E-state index in [-0.39, 0.29) is 11.1 Å². The summed E-state index contributed by atoms with van der Waals surface area (Å²) >= 11 is 0. The lowest BCUT2D eigenvalue weighted by atomic mass is 10.0. The Morgan fingerprint density at radius 2 is 1.83 bits per heavy atom. The van der Waals surface area contributed by atoms with Crippen LogP contribution < -0.4 is 5.32 Å². The van der Waals surface area contributed by atoms with Gasteiger partial charge in [-0.25, -0.2) is 13.4 Å². The number of nitrogens with one attached hydrogen (secondary N) is 1. The van der Waals surface area contributed by atoms with Crippen LogP contribution in [0.25, 0.3) is 0 Å². The highest BCUT2D eigenvalue weighted by atomic mass is 32.2. The molecule has 1 aliphatic rings. The largest absolute Gasteiger partial charge is 0.348 e. The molecule has 1 N–H and O–H groups in total. The molecule has 1 aliphatic carbocycles. The molecule has 5 nitrogen and oxygen atoms in total. The van der Waals surface area contributed by atoms with Crippen LogP contribution in [0.5, 0.6) is 0 Å². The van der Waals surface area contributed by atoms with Gasteiger partial charge in [0.15, 0.2) is 5.03 Å². The third-order valence-corrected chi connectivity index (χ3v) is 5.37. The second-order valence-corrected chi connectivity index (χ2v) is 7.66. The normalized spacial score (nSPS) is 15.8. The molecule has 1 amide bonds. The molecule has 2 aromatic rings. The number of aromatic nitrogens is 1. The third kappa shape index (κ3) is 3.96. The number of carbonyl (C=O) groups excluding carboxylic acids is 1. The Bertz CT molecular complexity index is 772. The molecule has 3 rings (SSSR count). The first kappa shape index (κ1) is 15.7. The maximum atomic E-state index is 12.2. The molecule has 0 radical (unpaired) electrons. The fourth-order valence-corrected chi connectivity index (χ4v) is 3.64. The smallest absolute Gasteiger partial charge is 0.236 e. The Hall–Kier alpha value is -2.21. The molecular formula is C17H18N2O3S. The van der Waals surface area contributed by atoms with Crippen LogP contribution in [-0.4, -0.2) is 25.1 Å². The molecule has 23 heavy (non-hydrogen) atoms. The molecule has 1 aromatic carbocycles. The van der Waals surface area contributed by atoms with E-state index < -0.39 is 21.5 Å². The van der Waals surface area contributed by atoms with Crippen LogP contribution in [0.1, 0.15) is 24.4 Å². The third-order valence-electron chi connectivity index (χ3n) is 3.85. The molecular weight excluding hydrogens is 312 g/mol. The van der Waals surface area contributed by atoms with Crippen molar-refractivity contribution < 1.29 is 13.2 Å². The van der Waals surface area contributed by atoms with Crippen molar-refractivity contribution in [1.29, 1.82) is 0 Å². The number of carbonyl (C=O) groups is 1. The van der Waals surface area contributed by atoms with Crippen LogP contribution in [0.15, 0.2) is 59.8 Å². The fraction of sp³-hybridized carbons (Fsp3) is 0.294. The van der Waals surface area contributed by atoms with E-state index in [0.717, 1.165) is 18.4 Å². The van der Waals surface area contributed by atoms with Gasteiger partial charge in [0.1, 0.15) is 5.75 Å². The van der Waals surface area contributed by atoms with Crippen molar-refractivity contribution in [2.75, 3.05) is 5.75 Å². The molecule has 0 bridgehead atoms. The summed E-state index contributed by atoms with van der Waals surface area (Å²) < 4.78 is 24.4. The van der Waals surface area contributed by atoms with Gasteiger partial charge in [-0.2, -0.15) is 0 Å². The first-order valence-electron chi connectivity index (χ1n) is 7.54. The summed E-state index contributed by atoms with van der Waals surface area (Å²) in [7, 11) is -3.72. The lowest BCUT2D eigenvalue weighted by Gasteiger charge is -2.18. The van der Waals surface area contributed by atoms with Gasteiger partial charge >= 0.3 is 0 Å². The minimum absolute atomic E-state index is 0.0715. The number of amides is 1. The van der Waals surface area contributed by atoms with Crippen molar-refractivity contribution in [3.8, 4) is 0 Å². The lowest BCUT2D eigenvalue weighted by Crippen LogP contribution is -2.34. The topological polar surface area (TPSA) is 76.1 Å². The second kappa shape index (κ2) is 6.50. The van der Waals surface area contributed by atoms with Gasteiger partial charge in [0, 0.05) is 6.20 Å². The molecule has 0 aliphatic heterocycles. The van der Waals surface area contributed by atoms with Gasteiger partial charge in [0.25, 0.3) is 0 Å². The van der Waals surface area contributed by atoms with Gasteiger partial charge < -0.3 is 5.32 Å². The van der Waals surface area contributed by atoms with E-state index >= 15 is 0 Å². The van der Waals surface area contributed by atoms with E-state index in [1.54, 1.807) is 12.1 Å². The summed E-state index contributed by atoms with van der Waals surface area (Å²) in [5.74, 6) is -0.685. The van der Waals surface area contributed by atoms with Crippen molar-refractivity contribution in [2.24, 2.45) is 5.92 Å². The lowest BCUT2D eigenvalue weighted by molar-refractivity contribution is -0.119. The first-order chi connectivity index (χ1) is 11.1. The van der Waals surface area contributed by atoms with Crippen molar-refractivity contribution in [3.63, 3.8) is 0 Å². The Labute approximate surface area is 135 Å². The molecule has 1 saturated carbocycles. The minimum Gasteiger partial charge on any atom is -0.348 e. The standard InChI is InChI=1S/C17H18N2O3S/c20-15(12-23(21,22)16-8-4-5-11-18-16)19-17(14-9-10-14)13-6-2-1-3-7-13/h1-8,11,14,17H,9-10,12H2,(H,19,20)/t17-/m0/s1. The number of hydrogen-bond donors (Lipinski definition) is 1. The molecule has 0 spiro atoms. The number of pyridine rings is 1. The highest BCUT2D eigenvalue weighted by molar-refractivity contribution is 7.92. The monoisotopic (exact) mass is 330 g/mol. The van der Waals surface area contributed by atoms with E-state index in [0.29, 0.717) is 5.92 Å². The van der Waals surface area contributed by atoms with Gasteiger partial charge in [-0.3, -0.25) is 4.79 Å². The van der Waals surface area contributed by atoms with Crippen LogP contribution in [-0.2, 0) is 14.6 Å². The molecule has 0 unspecified atom stereocenters. The quantitative estimate of drug-likeness (QED) is 0.880. The minimum atomic E-state index is -3.72. The average Bonchev–Trinajstić information content (AvgIpc) is 3.39. The average molecular weight is 330 g/mol. The zero-order chi connectivity index (χ0) is 16.3. The van der Waals surface area contributed by atoms with Crippen LogP contribution >= 0.6 is 0 Å². The van der Waals surface area contributed by atoms with Crippen molar-refractivity contribution in [3.05, 3.63) is 60.3 Å². The molecule has 1 aromatic heterocycles. The van der Waals surface area contributed by atoms with Gasteiger partial charge in [-0.1, -0.05) is 36.4 Å². The number of hydrogen-bond acceptors (Lipinski definition) is 4. The summed E-state index contributed by atoms with van der Waals surface area (Å²) in [6.45, 7) is 0. The van der Waals surface area contributed by atoms with E-state index in [9.17, 15) is 13.2 Å². The van der Waals surface area contributed by atoms with Crippen LogP contribution in [0.4, 0.5) is 0 Å². The van der Waals surface area contributed by atoms with Crippen LogP contribution in [0.2, 0.25) is 0 Å². The maximum absolute atomic E-state index is 12.2. The molecule has 120 valence electrons. The summed E-state index contributed by atoms with van der Waals surface area (Å²) in [5, 5.41) is 2.80. The van der Waals surface area contributed by atoms with Gasteiger partial charge in [-0.15, -0.1) is 0 Å². The van der Waals surface area contributed by atoms with Gasteiger partial charge in [-0.05, 0) is 36.5 Å². The van der Waals surface area contributed by atoms with Gasteiger partial charge in [0.05, 0.1) is 6.04 Å². The van der Waals surface area contributed by atoms with E-state index in [1.807, 2.05) is 30.3 Å². The SMILES string of the molecule is O=C(CS(=O)(=O)c1ccccn1)N[C@@H](c1ccccc1)C1CC1. The zero-order valence-electron chi connectivity index (χ0n) is 12.6. The highest BCUT2D eigenvalue weighted by Crippen LogP contribution is 2.40. The van der Waals surface area contributed by atoms with Gasteiger partial charge in [0.2, 0.25) is 15.7 Å². The molecule has 6 heteroatoms. The molecule has 0 saturated heterocycles. The number of sulfone groups is 1. The summed E-state index contributed by atoms with van der Waals surface area (Å²) in [5.41, 5.74) is 1.01. The Morgan fingerprint density at radius 1 is 1.13 bits per heavy atom. The molecule has 1 fully saturated rings. The summed E-state index contributed by atoms with van der Waals surface area (Å²) in [4.78, 5) is 16.1. The second-order valence-electron chi connectivity index (χ2n) is 5.72. The highest BCUT2D eigenvalue weighted by Gasteiger charge is 2.34. The summed E-state index contributed by atoms with van der Waals surface area (Å²) in [6.07, 6.45) is 3.50. The Balaban J connectivity index is 1.71. The zero-order valence-corrected chi connectivity index (χ0v) is 13.4. The number of rotatable bonds is 6. The van der Waals surface area contributed by atoms with E-state index in [4.69, 9.17) is 0 Å². The predicted octanol–water partition coefficient (Wildman–Crippen LogP) is 2.12. The Morgan fingerprint density at radius 3 is 2.43 bits per heavy atom. The fourth-order valence-electron chi connectivity index (χ4n) is 2.56. The summed E-state index contributed by atoms with van der Waals surface area (Å²) in [6, 6.07) is 14.2. The molecule has 1 atom stereocenters. The van der Waals surface area contributed by atoms with E-state index in [2.05, 4.69) is 10.3 Å². The predicted molar refractivity (Wildman–Crippen MR) is 86.3 cm³/mol. The van der Waals surface area contributed by atoms with E-state index in [1.165, 1.54) is 12.3 Å².